The smallest absolute Gasteiger partial charge is 0.268 e. The summed E-state index contributed by atoms with van der Waals surface area (Å²) in [5.41, 5.74) is 1.24. The van der Waals surface area contributed by atoms with Crippen molar-refractivity contribution < 1.29 is 28.2 Å². The van der Waals surface area contributed by atoms with Crippen LogP contribution in [-0.2, 0) is 16.0 Å². The van der Waals surface area contributed by atoms with Gasteiger partial charge in [0.1, 0.15) is 17.7 Å². The molecule has 1 atom stereocenters. The molecule has 0 bridgehead atoms. The van der Waals surface area contributed by atoms with Crippen molar-refractivity contribution in [3.8, 4) is 11.6 Å². The Balaban J connectivity index is 1.24. The molecule has 2 aromatic rings. The van der Waals surface area contributed by atoms with E-state index in [1.807, 2.05) is 0 Å². The highest BCUT2D eigenvalue weighted by molar-refractivity contribution is 6.04. The average Bonchev–Trinajstić information content (AvgIpc) is 3.33. The molecule has 2 aliphatic heterocycles. The molecule has 0 N–H and O–H groups in total. The van der Waals surface area contributed by atoms with E-state index in [4.69, 9.17) is 14.2 Å². The van der Waals surface area contributed by atoms with E-state index in [9.17, 15) is 14.0 Å². The van der Waals surface area contributed by atoms with E-state index in [0.717, 1.165) is 12.8 Å². The summed E-state index contributed by atoms with van der Waals surface area (Å²) in [5.74, 6) is 0.211. The van der Waals surface area contributed by atoms with E-state index >= 15 is 0 Å². The van der Waals surface area contributed by atoms with Gasteiger partial charge in [0.05, 0.1) is 19.4 Å². The van der Waals surface area contributed by atoms with Gasteiger partial charge in [-0.3, -0.25) is 9.59 Å². The van der Waals surface area contributed by atoms with E-state index < -0.39 is 11.9 Å². The molecule has 1 aromatic heterocycles. The van der Waals surface area contributed by atoms with Gasteiger partial charge < -0.3 is 19.1 Å². The van der Waals surface area contributed by atoms with Crippen LogP contribution >= 0.6 is 0 Å². The number of nitrogens with zero attached hydrogens (tertiary/aromatic N) is 2. The molecule has 31 heavy (non-hydrogen) atoms. The van der Waals surface area contributed by atoms with Gasteiger partial charge in [-0.25, -0.2) is 9.37 Å². The predicted octanol–water partition coefficient (Wildman–Crippen LogP) is 3.09. The summed E-state index contributed by atoms with van der Waals surface area (Å²) < 4.78 is 31.4. The zero-order chi connectivity index (χ0) is 21.4. The minimum atomic E-state index is -0.684. The lowest BCUT2D eigenvalue weighted by Gasteiger charge is -2.22. The van der Waals surface area contributed by atoms with Gasteiger partial charge in [0.25, 0.3) is 5.91 Å². The number of amides is 1. The lowest BCUT2D eigenvalue weighted by Crippen LogP contribution is -2.32. The lowest BCUT2D eigenvalue weighted by atomic mass is 10.1. The van der Waals surface area contributed by atoms with Gasteiger partial charge in [-0.1, -0.05) is 0 Å². The number of halogens is 1. The Hall–Kier alpha value is -3.00. The number of carbonyl (C=O) groups is 2. The molecule has 0 spiro atoms. The maximum Gasteiger partial charge on any atom is 0.268 e. The van der Waals surface area contributed by atoms with Crippen LogP contribution in [0.5, 0.6) is 11.6 Å². The SMILES string of the molecule is O=C1CCc2c(F)cc(N3CC[C@@H](Oc4ccc(OC5CCOCC5)nc4)C3=O)cc21. The van der Waals surface area contributed by atoms with Crippen LogP contribution in [0, 0.1) is 5.82 Å². The quantitative estimate of drug-likeness (QED) is 0.731. The molecule has 2 saturated heterocycles. The minimum Gasteiger partial charge on any atom is -0.479 e. The predicted molar refractivity (Wildman–Crippen MR) is 109 cm³/mol. The zero-order valence-corrected chi connectivity index (χ0v) is 17.0. The van der Waals surface area contributed by atoms with E-state index in [1.165, 1.54) is 11.0 Å². The summed E-state index contributed by atoms with van der Waals surface area (Å²) in [6.07, 6.45) is 3.82. The van der Waals surface area contributed by atoms with Gasteiger partial charge in [0.15, 0.2) is 11.9 Å². The van der Waals surface area contributed by atoms with Crippen LogP contribution in [0.25, 0.3) is 0 Å². The Morgan fingerprint density at radius 3 is 2.68 bits per heavy atom. The first-order valence-corrected chi connectivity index (χ1v) is 10.6. The molecule has 8 heteroatoms. The van der Waals surface area contributed by atoms with E-state index in [2.05, 4.69) is 4.98 Å². The van der Waals surface area contributed by atoms with Crippen LogP contribution < -0.4 is 14.4 Å². The number of anilines is 1. The summed E-state index contributed by atoms with van der Waals surface area (Å²) in [5, 5.41) is 0. The lowest BCUT2D eigenvalue weighted by molar-refractivity contribution is -0.122. The second-order valence-corrected chi connectivity index (χ2v) is 8.02. The maximum absolute atomic E-state index is 14.4. The molecular formula is C23H23FN2O5. The van der Waals surface area contributed by atoms with Crippen molar-refractivity contribution in [1.82, 2.24) is 4.98 Å². The third kappa shape index (κ3) is 3.99. The summed E-state index contributed by atoms with van der Waals surface area (Å²) in [6.45, 7) is 1.77. The summed E-state index contributed by atoms with van der Waals surface area (Å²) in [7, 11) is 0. The topological polar surface area (TPSA) is 78.0 Å². The number of hydrogen-bond acceptors (Lipinski definition) is 6. The number of hydrogen-bond donors (Lipinski definition) is 0. The normalized spacial score (nSPS) is 21.5. The standard InChI is InChI=1S/C23H23FN2O5/c24-19-12-14(11-18-17(19)2-3-20(18)27)26-8-5-21(23(26)28)30-16-1-4-22(25-13-16)31-15-6-9-29-10-7-15/h1,4,11-13,15,21H,2-3,5-10H2/t21-/m1/s1. The molecule has 5 rings (SSSR count). The fraction of sp³-hybridized carbons (Fsp3) is 0.435. The Morgan fingerprint density at radius 2 is 1.90 bits per heavy atom. The molecule has 2 fully saturated rings. The van der Waals surface area contributed by atoms with Crippen molar-refractivity contribution >= 4 is 17.4 Å². The number of benzene rings is 1. The molecular weight excluding hydrogens is 403 g/mol. The van der Waals surface area contributed by atoms with Crippen LogP contribution in [0.4, 0.5) is 10.1 Å². The second-order valence-electron chi connectivity index (χ2n) is 8.02. The summed E-state index contributed by atoms with van der Waals surface area (Å²) in [4.78, 5) is 30.6. The number of pyridine rings is 1. The van der Waals surface area contributed by atoms with E-state index in [-0.39, 0.29) is 17.8 Å². The number of fused-ring (bicyclic) bond motifs is 1. The number of Topliss-reactive ketones (excluding diaryl/α,β-unsaturated/α-hetero) is 1. The highest BCUT2D eigenvalue weighted by Gasteiger charge is 2.36. The molecule has 0 radical (unpaired) electrons. The van der Waals surface area contributed by atoms with E-state index in [0.29, 0.717) is 67.5 Å². The fourth-order valence-electron chi connectivity index (χ4n) is 4.31. The van der Waals surface area contributed by atoms with Gasteiger partial charge in [-0.15, -0.1) is 0 Å². The number of ketones is 1. The molecule has 1 aliphatic carbocycles. The van der Waals surface area contributed by atoms with Gasteiger partial charge in [0, 0.05) is 49.5 Å². The van der Waals surface area contributed by atoms with Crippen LogP contribution in [-0.4, -0.2) is 48.6 Å². The Kier molecular flexibility index (Phi) is 5.31. The Morgan fingerprint density at radius 1 is 1.06 bits per heavy atom. The van der Waals surface area contributed by atoms with Gasteiger partial charge in [-0.2, -0.15) is 0 Å². The fourth-order valence-corrected chi connectivity index (χ4v) is 4.31. The summed E-state index contributed by atoms with van der Waals surface area (Å²) in [6, 6.07) is 6.41. The molecule has 3 aliphatic rings. The van der Waals surface area contributed by atoms with Crippen LogP contribution in [0.3, 0.4) is 0 Å². The van der Waals surface area contributed by atoms with Crippen LogP contribution in [0.15, 0.2) is 30.5 Å². The number of ether oxygens (including phenoxy) is 3. The molecule has 0 saturated carbocycles. The molecule has 7 nitrogen and oxygen atoms in total. The molecule has 0 unspecified atom stereocenters. The minimum absolute atomic E-state index is 0.0793. The first-order chi connectivity index (χ1) is 15.1. The van der Waals surface area contributed by atoms with Crippen molar-refractivity contribution in [3.63, 3.8) is 0 Å². The number of aromatic nitrogens is 1. The second kappa shape index (κ2) is 8.26. The van der Waals surface area contributed by atoms with Gasteiger partial charge in [0.2, 0.25) is 5.88 Å². The summed E-state index contributed by atoms with van der Waals surface area (Å²) >= 11 is 0. The highest BCUT2D eigenvalue weighted by atomic mass is 19.1. The molecule has 162 valence electrons. The van der Waals surface area contributed by atoms with Crippen molar-refractivity contribution in [3.05, 3.63) is 47.4 Å². The van der Waals surface area contributed by atoms with Crippen LogP contribution in [0.1, 0.15) is 41.6 Å². The molecule has 1 aromatic carbocycles. The van der Waals surface area contributed by atoms with E-state index in [1.54, 1.807) is 24.4 Å². The molecule has 1 amide bonds. The number of carbonyl (C=O) groups excluding carboxylic acids is 2. The maximum atomic E-state index is 14.4. The van der Waals surface area contributed by atoms with Crippen molar-refractivity contribution in [2.24, 2.45) is 0 Å². The Labute approximate surface area is 179 Å². The monoisotopic (exact) mass is 426 g/mol. The molecule has 3 heterocycles. The first kappa shape index (κ1) is 19.9. The van der Waals surface area contributed by atoms with Crippen molar-refractivity contribution in [1.29, 1.82) is 0 Å². The number of rotatable bonds is 5. The van der Waals surface area contributed by atoms with Crippen molar-refractivity contribution in [2.45, 2.75) is 44.3 Å². The van der Waals surface area contributed by atoms with Crippen molar-refractivity contribution in [2.75, 3.05) is 24.7 Å². The van der Waals surface area contributed by atoms with Crippen LogP contribution in [0.2, 0.25) is 0 Å². The van der Waals surface area contributed by atoms with Gasteiger partial charge >= 0.3 is 0 Å². The average molecular weight is 426 g/mol. The highest BCUT2D eigenvalue weighted by Crippen LogP contribution is 2.32. The van der Waals surface area contributed by atoms with Gasteiger partial charge in [-0.05, 0) is 30.2 Å². The largest absolute Gasteiger partial charge is 0.479 e. The first-order valence-electron chi connectivity index (χ1n) is 10.6. The third-order valence-corrected chi connectivity index (χ3v) is 5.99. The zero-order valence-electron chi connectivity index (χ0n) is 17.0. The Bertz CT molecular complexity index is 1000. The third-order valence-electron chi connectivity index (χ3n) is 5.99.